The summed E-state index contributed by atoms with van der Waals surface area (Å²) in [5, 5.41) is 23.9. The van der Waals surface area contributed by atoms with E-state index in [-0.39, 0.29) is 11.5 Å². The van der Waals surface area contributed by atoms with Crippen molar-refractivity contribution in [3.8, 4) is 5.75 Å². The fraction of sp³-hybridized carbons (Fsp3) is 0.0588. The summed E-state index contributed by atoms with van der Waals surface area (Å²) in [5.74, 6) is 0.539. The van der Waals surface area contributed by atoms with Crippen molar-refractivity contribution >= 4 is 29.0 Å². The quantitative estimate of drug-likeness (QED) is 0.750. The maximum atomic E-state index is 10.3. The average molecular weight is 248 g/mol. The number of phenolic OH excluding ortho intramolecular Hbond substituents is 1. The highest BCUT2D eigenvalue weighted by molar-refractivity contribution is 5.99. The fourth-order valence-corrected chi connectivity index (χ4v) is 2.98. The first kappa shape index (κ1) is 10.4. The molecule has 0 heterocycles. The van der Waals surface area contributed by atoms with Gasteiger partial charge < -0.3 is 10.2 Å². The first-order chi connectivity index (χ1) is 9.24. The fourth-order valence-electron chi connectivity index (χ4n) is 2.98. The van der Waals surface area contributed by atoms with Crippen LogP contribution in [0.25, 0.3) is 29.0 Å². The molecule has 2 aromatic carbocycles. The molecule has 2 nitrogen and oxygen atoms in total. The normalized spacial score (nSPS) is 15.5. The molecule has 2 aromatic rings. The summed E-state index contributed by atoms with van der Waals surface area (Å²) in [5.41, 5.74) is 2.24. The highest BCUT2D eigenvalue weighted by Gasteiger charge is 2.14. The molecular weight excluding hydrogens is 236 g/mol. The predicted octanol–water partition coefficient (Wildman–Crippen LogP) is 2.13. The smallest absolute Gasteiger partial charge is 0.124 e. The summed E-state index contributed by atoms with van der Waals surface area (Å²) in [7, 11) is 0. The Morgan fingerprint density at radius 3 is 2.84 bits per heavy atom. The Bertz CT molecular complexity index is 899. The van der Waals surface area contributed by atoms with Crippen LogP contribution in [0.2, 0.25) is 0 Å². The van der Waals surface area contributed by atoms with Crippen LogP contribution in [0.3, 0.4) is 0 Å². The van der Waals surface area contributed by atoms with Gasteiger partial charge in [0.2, 0.25) is 0 Å². The third kappa shape index (κ3) is 1.37. The van der Waals surface area contributed by atoms with Crippen LogP contribution in [0.15, 0.2) is 36.1 Å². The Hall–Kier alpha value is -2.48. The van der Waals surface area contributed by atoms with Gasteiger partial charge in [-0.2, -0.15) is 0 Å². The van der Waals surface area contributed by atoms with Crippen molar-refractivity contribution in [2.75, 3.05) is 0 Å². The summed E-state index contributed by atoms with van der Waals surface area (Å²) in [6.45, 7) is 0. The monoisotopic (exact) mass is 248 g/mol. The van der Waals surface area contributed by atoms with E-state index in [2.05, 4.69) is 12.1 Å². The maximum absolute atomic E-state index is 10.3. The molecule has 2 heteroatoms. The molecule has 0 saturated heterocycles. The van der Waals surface area contributed by atoms with Crippen LogP contribution in [-0.2, 0) is 6.42 Å². The lowest BCUT2D eigenvalue weighted by Gasteiger charge is -2.13. The van der Waals surface area contributed by atoms with Crippen LogP contribution in [0.1, 0.15) is 11.1 Å². The van der Waals surface area contributed by atoms with Crippen molar-refractivity contribution in [1.82, 2.24) is 0 Å². The highest BCUT2D eigenvalue weighted by Crippen LogP contribution is 2.30. The molecule has 0 spiro atoms. The van der Waals surface area contributed by atoms with Crippen LogP contribution >= 0.6 is 0 Å². The van der Waals surface area contributed by atoms with Crippen LogP contribution in [-0.4, -0.2) is 10.2 Å². The van der Waals surface area contributed by atoms with Gasteiger partial charge in [0.15, 0.2) is 0 Å². The third-order valence-corrected chi connectivity index (χ3v) is 3.86. The molecule has 0 atom stereocenters. The molecule has 4 rings (SSSR count). The van der Waals surface area contributed by atoms with E-state index in [0.717, 1.165) is 32.3 Å². The third-order valence-electron chi connectivity index (χ3n) is 3.86. The number of benzene rings is 2. The number of hydrogen-bond acceptors (Lipinski definition) is 2. The first-order valence-electron chi connectivity index (χ1n) is 6.31. The van der Waals surface area contributed by atoms with Crippen LogP contribution in [0.5, 0.6) is 5.75 Å². The molecule has 0 unspecified atom stereocenters. The van der Waals surface area contributed by atoms with Gasteiger partial charge in [0, 0.05) is 5.39 Å². The van der Waals surface area contributed by atoms with Gasteiger partial charge in [0.05, 0.1) is 0 Å². The van der Waals surface area contributed by atoms with E-state index in [4.69, 9.17) is 0 Å². The van der Waals surface area contributed by atoms with Gasteiger partial charge in [-0.05, 0) is 51.6 Å². The minimum Gasteiger partial charge on any atom is -0.508 e. The Kier molecular flexibility index (Phi) is 1.93. The second-order valence-corrected chi connectivity index (χ2v) is 4.96. The summed E-state index contributed by atoms with van der Waals surface area (Å²) in [4.78, 5) is 0. The minimum atomic E-state index is 0.264. The molecule has 0 radical (unpaired) electrons. The van der Waals surface area contributed by atoms with Crippen molar-refractivity contribution in [2.24, 2.45) is 0 Å². The average Bonchev–Trinajstić information content (AvgIpc) is 2.86. The summed E-state index contributed by atoms with van der Waals surface area (Å²) in [6, 6.07) is 5.88. The van der Waals surface area contributed by atoms with Crippen molar-refractivity contribution in [3.63, 3.8) is 0 Å². The van der Waals surface area contributed by atoms with Crippen molar-refractivity contribution in [2.45, 2.75) is 6.42 Å². The van der Waals surface area contributed by atoms with Gasteiger partial charge in [-0.1, -0.05) is 30.4 Å². The number of fused-ring (bicyclic) bond motifs is 5. The van der Waals surface area contributed by atoms with E-state index in [9.17, 15) is 10.2 Å². The Morgan fingerprint density at radius 1 is 1.05 bits per heavy atom. The Labute approximate surface area is 109 Å². The van der Waals surface area contributed by atoms with Gasteiger partial charge in [0.1, 0.15) is 11.5 Å². The highest BCUT2D eigenvalue weighted by atomic mass is 16.3. The zero-order valence-corrected chi connectivity index (χ0v) is 10.2. The molecule has 2 aliphatic carbocycles. The lowest BCUT2D eigenvalue weighted by molar-refractivity contribution is 0.438. The second-order valence-electron chi connectivity index (χ2n) is 4.96. The standard InChI is InChI=1S/C17H12O2/c18-12-5-7-13-11(8-12)9-16(19)17-14-3-1-2-10(14)4-6-15(13)17/h1-6,8-9,18-19H,7H2. The van der Waals surface area contributed by atoms with Crippen LogP contribution < -0.4 is 10.4 Å². The second kappa shape index (κ2) is 3.51. The van der Waals surface area contributed by atoms with Crippen molar-refractivity contribution in [1.29, 1.82) is 0 Å². The molecule has 0 amide bonds. The number of aliphatic hydroxyl groups excluding tert-OH is 1. The molecule has 0 bridgehead atoms. The molecule has 92 valence electrons. The number of hydrogen-bond donors (Lipinski definition) is 2. The van der Waals surface area contributed by atoms with Gasteiger partial charge in [0.25, 0.3) is 0 Å². The molecule has 0 saturated carbocycles. The maximum Gasteiger partial charge on any atom is 0.124 e. The van der Waals surface area contributed by atoms with Crippen molar-refractivity contribution in [3.05, 3.63) is 57.7 Å². The Balaban J connectivity index is 2.23. The summed E-state index contributed by atoms with van der Waals surface area (Å²) < 4.78 is 0. The van der Waals surface area contributed by atoms with E-state index < -0.39 is 0 Å². The molecule has 19 heavy (non-hydrogen) atoms. The van der Waals surface area contributed by atoms with E-state index in [0.29, 0.717) is 6.42 Å². The minimum absolute atomic E-state index is 0.264. The number of allylic oxidation sites excluding steroid dienone is 3. The van der Waals surface area contributed by atoms with Gasteiger partial charge in [-0.25, -0.2) is 0 Å². The largest absolute Gasteiger partial charge is 0.508 e. The van der Waals surface area contributed by atoms with Crippen LogP contribution in [0, 0.1) is 0 Å². The lowest BCUT2D eigenvalue weighted by atomic mass is 9.93. The number of phenols is 1. The summed E-state index contributed by atoms with van der Waals surface area (Å²) in [6.07, 6.45) is 10.3. The van der Waals surface area contributed by atoms with Gasteiger partial charge >= 0.3 is 0 Å². The predicted molar refractivity (Wildman–Crippen MR) is 77.2 cm³/mol. The number of aliphatic hydroxyl groups is 1. The lowest BCUT2D eigenvalue weighted by Crippen LogP contribution is -2.15. The number of aromatic hydroxyl groups is 1. The summed E-state index contributed by atoms with van der Waals surface area (Å²) >= 11 is 0. The number of rotatable bonds is 0. The van der Waals surface area contributed by atoms with E-state index >= 15 is 0 Å². The van der Waals surface area contributed by atoms with E-state index in [1.54, 1.807) is 18.2 Å². The van der Waals surface area contributed by atoms with Gasteiger partial charge in [-0.3, -0.25) is 0 Å². The molecular formula is C17H12O2. The first-order valence-corrected chi connectivity index (χ1v) is 6.31. The molecule has 0 aromatic heterocycles. The zero-order chi connectivity index (χ0) is 13.0. The SMILES string of the molecule is OC1=CCc2c(cc(O)c3c4c(ccc23)=CC=C4)=C1. The van der Waals surface area contributed by atoms with Gasteiger partial charge in [-0.15, -0.1) is 0 Å². The van der Waals surface area contributed by atoms with Crippen LogP contribution in [0.4, 0.5) is 0 Å². The molecule has 0 fully saturated rings. The molecule has 0 aliphatic heterocycles. The van der Waals surface area contributed by atoms with Crippen molar-refractivity contribution < 1.29 is 10.2 Å². The molecule has 2 N–H and O–H groups in total. The zero-order valence-electron chi connectivity index (χ0n) is 10.2. The molecule has 2 aliphatic rings. The van der Waals surface area contributed by atoms with E-state index in [1.165, 1.54) is 0 Å². The van der Waals surface area contributed by atoms with E-state index in [1.807, 2.05) is 18.2 Å². The Morgan fingerprint density at radius 2 is 1.95 bits per heavy atom. The topological polar surface area (TPSA) is 40.5 Å².